The van der Waals surface area contributed by atoms with E-state index in [1.165, 1.54) is 13.8 Å². The Hall–Kier alpha value is -2.24. The molecule has 0 heterocycles. The Balaban J connectivity index is 2.62. The van der Waals surface area contributed by atoms with Crippen molar-refractivity contribution in [2.75, 3.05) is 36.9 Å². The first-order chi connectivity index (χ1) is 9.49. The van der Waals surface area contributed by atoms with Crippen LogP contribution in [0.25, 0.3) is 0 Å². The van der Waals surface area contributed by atoms with Crippen LogP contribution in [0.4, 0.5) is 11.4 Å². The smallest absolute Gasteiger partial charge is 0.302 e. The van der Waals surface area contributed by atoms with Crippen molar-refractivity contribution in [1.82, 2.24) is 0 Å². The van der Waals surface area contributed by atoms with Gasteiger partial charge in [-0.1, -0.05) is 6.07 Å². The largest absolute Gasteiger partial charge is 0.464 e. The molecule has 0 aromatic heterocycles. The van der Waals surface area contributed by atoms with E-state index in [1.54, 1.807) is 6.07 Å². The van der Waals surface area contributed by atoms with Gasteiger partial charge in [0.1, 0.15) is 13.2 Å². The summed E-state index contributed by atoms with van der Waals surface area (Å²) in [6, 6.07) is 7.36. The first kappa shape index (κ1) is 15.8. The van der Waals surface area contributed by atoms with Crippen LogP contribution in [0.1, 0.15) is 13.8 Å². The highest BCUT2D eigenvalue weighted by Gasteiger charge is 2.08. The zero-order valence-electron chi connectivity index (χ0n) is 11.8. The molecule has 0 aliphatic heterocycles. The first-order valence-corrected chi connectivity index (χ1v) is 6.36. The predicted molar refractivity (Wildman–Crippen MR) is 76.3 cm³/mol. The number of benzene rings is 1. The Morgan fingerprint density at radius 2 is 1.65 bits per heavy atom. The number of hydrogen-bond acceptors (Lipinski definition) is 6. The van der Waals surface area contributed by atoms with Crippen LogP contribution in [0.3, 0.4) is 0 Å². The second-order valence-corrected chi connectivity index (χ2v) is 4.26. The van der Waals surface area contributed by atoms with Gasteiger partial charge in [0.25, 0.3) is 0 Å². The Labute approximate surface area is 118 Å². The molecule has 6 nitrogen and oxygen atoms in total. The molecule has 0 aliphatic rings. The van der Waals surface area contributed by atoms with E-state index >= 15 is 0 Å². The maximum Gasteiger partial charge on any atom is 0.302 e. The Morgan fingerprint density at radius 3 is 2.10 bits per heavy atom. The third kappa shape index (κ3) is 6.08. The molecule has 0 atom stereocenters. The second-order valence-electron chi connectivity index (χ2n) is 4.26. The van der Waals surface area contributed by atoms with Crippen molar-refractivity contribution in [1.29, 1.82) is 0 Å². The summed E-state index contributed by atoms with van der Waals surface area (Å²) in [6.45, 7) is 4.27. The number of hydrogen-bond donors (Lipinski definition) is 1. The molecule has 0 radical (unpaired) electrons. The lowest BCUT2D eigenvalue weighted by Gasteiger charge is -2.24. The third-order valence-corrected chi connectivity index (χ3v) is 2.57. The molecule has 110 valence electrons. The fourth-order valence-electron chi connectivity index (χ4n) is 1.69. The first-order valence-electron chi connectivity index (χ1n) is 6.36. The quantitative estimate of drug-likeness (QED) is 0.597. The van der Waals surface area contributed by atoms with Crippen LogP contribution in [0.2, 0.25) is 0 Å². The van der Waals surface area contributed by atoms with Crippen molar-refractivity contribution in [3.05, 3.63) is 24.3 Å². The highest BCUT2D eigenvalue weighted by atomic mass is 16.5. The normalized spacial score (nSPS) is 9.90. The van der Waals surface area contributed by atoms with Crippen molar-refractivity contribution in [3.8, 4) is 0 Å². The molecule has 0 amide bonds. The van der Waals surface area contributed by atoms with Gasteiger partial charge in [-0.2, -0.15) is 0 Å². The van der Waals surface area contributed by atoms with Crippen LogP contribution < -0.4 is 10.6 Å². The average Bonchev–Trinajstić information content (AvgIpc) is 2.36. The molecule has 6 heteroatoms. The highest BCUT2D eigenvalue weighted by Crippen LogP contribution is 2.17. The molecule has 0 aliphatic carbocycles. The van der Waals surface area contributed by atoms with E-state index < -0.39 is 0 Å². The molecule has 0 spiro atoms. The Kier molecular flexibility index (Phi) is 6.36. The third-order valence-electron chi connectivity index (χ3n) is 2.57. The van der Waals surface area contributed by atoms with Gasteiger partial charge in [-0.05, 0) is 18.2 Å². The van der Waals surface area contributed by atoms with Gasteiger partial charge >= 0.3 is 11.9 Å². The molecule has 1 rings (SSSR count). The number of carbonyl (C=O) groups excluding carboxylic acids is 2. The number of nitrogens with zero attached hydrogens (tertiary/aromatic N) is 1. The van der Waals surface area contributed by atoms with Crippen molar-refractivity contribution in [3.63, 3.8) is 0 Å². The summed E-state index contributed by atoms with van der Waals surface area (Å²) in [5.41, 5.74) is 7.29. The van der Waals surface area contributed by atoms with Crippen LogP contribution in [0.15, 0.2) is 24.3 Å². The minimum atomic E-state index is -0.322. The molecule has 0 fully saturated rings. The van der Waals surface area contributed by atoms with E-state index in [0.29, 0.717) is 18.8 Å². The van der Waals surface area contributed by atoms with Crippen LogP contribution >= 0.6 is 0 Å². The maximum atomic E-state index is 10.8. The molecule has 1 aromatic rings. The summed E-state index contributed by atoms with van der Waals surface area (Å²) < 4.78 is 9.86. The lowest BCUT2D eigenvalue weighted by atomic mass is 10.2. The van der Waals surface area contributed by atoms with Crippen LogP contribution in [0, 0.1) is 0 Å². The van der Waals surface area contributed by atoms with Gasteiger partial charge in [0.15, 0.2) is 0 Å². The maximum absolute atomic E-state index is 10.8. The number of ether oxygens (including phenoxy) is 2. The van der Waals surface area contributed by atoms with Gasteiger partial charge in [-0.25, -0.2) is 0 Å². The predicted octanol–water partition coefficient (Wildman–Crippen LogP) is 1.20. The Bertz CT molecular complexity index is 442. The fourth-order valence-corrected chi connectivity index (χ4v) is 1.69. The van der Waals surface area contributed by atoms with E-state index in [-0.39, 0.29) is 25.2 Å². The van der Waals surface area contributed by atoms with Gasteiger partial charge in [0, 0.05) is 25.2 Å². The average molecular weight is 280 g/mol. The lowest BCUT2D eigenvalue weighted by Crippen LogP contribution is -2.31. The Morgan fingerprint density at radius 1 is 1.10 bits per heavy atom. The monoisotopic (exact) mass is 280 g/mol. The number of nitrogen functional groups attached to an aromatic ring is 1. The molecule has 0 saturated heterocycles. The lowest BCUT2D eigenvalue weighted by molar-refractivity contribution is -0.141. The van der Waals surface area contributed by atoms with E-state index in [1.807, 2.05) is 23.1 Å². The standard InChI is InChI=1S/C14H20N2O4/c1-11(17)19-8-6-16(7-9-20-12(2)18)14-5-3-4-13(15)10-14/h3-5,10H,6-9,15H2,1-2H3. The number of anilines is 2. The van der Waals surface area contributed by atoms with Crippen molar-refractivity contribution in [2.24, 2.45) is 0 Å². The van der Waals surface area contributed by atoms with E-state index in [4.69, 9.17) is 15.2 Å². The minimum absolute atomic E-state index is 0.268. The number of carbonyl (C=O) groups is 2. The minimum Gasteiger partial charge on any atom is -0.464 e. The molecule has 1 aromatic carbocycles. The van der Waals surface area contributed by atoms with Crippen LogP contribution in [0.5, 0.6) is 0 Å². The molecular weight excluding hydrogens is 260 g/mol. The summed E-state index contributed by atoms with van der Waals surface area (Å²) in [7, 11) is 0. The number of rotatable bonds is 7. The molecule has 0 unspecified atom stereocenters. The molecular formula is C14H20N2O4. The van der Waals surface area contributed by atoms with E-state index in [9.17, 15) is 9.59 Å². The molecule has 0 saturated carbocycles. The molecule has 20 heavy (non-hydrogen) atoms. The van der Waals surface area contributed by atoms with Gasteiger partial charge in [-0.3, -0.25) is 9.59 Å². The van der Waals surface area contributed by atoms with Gasteiger partial charge in [-0.15, -0.1) is 0 Å². The molecule has 2 N–H and O–H groups in total. The number of nitrogens with two attached hydrogens (primary N) is 1. The summed E-state index contributed by atoms with van der Waals surface area (Å²) in [6.07, 6.45) is 0. The van der Waals surface area contributed by atoms with Gasteiger partial charge in [0.2, 0.25) is 0 Å². The van der Waals surface area contributed by atoms with E-state index in [2.05, 4.69) is 0 Å². The fraction of sp³-hybridized carbons (Fsp3) is 0.429. The topological polar surface area (TPSA) is 81.9 Å². The van der Waals surface area contributed by atoms with Crippen LogP contribution in [-0.2, 0) is 19.1 Å². The zero-order chi connectivity index (χ0) is 15.0. The van der Waals surface area contributed by atoms with Crippen molar-refractivity contribution < 1.29 is 19.1 Å². The SMILES string of the molecule is CC(=O)OCCN(CCOC(C)=O)c1cccc(N)c1. The van der Waals surface area contributed by atoms with Crippen molar-refractivity contribution in [2.45, 2.75) is 13.8 Å². The van der Waals surface area contributed by atoms with Crippen molar-refractivity contribution >= 4 is 23.3 Å². The summed E-state index contributed by atoms with van der Waals surface area (Å²) in [4.78, 5) is 23.5. The van der Waals surface area contributed by atoms with Crippen LogP contribution in [-0.4, -0.2) is 38.2 Å². The summed E-state index contributed by atoms with van der Waals surface area (Å²) in [5, 5.41) is 0. The number of esters is 2. The van der Waals surface area contributed by atoms with Gasteiger partial charge in [0.05, 0.1) is 13.1 Å². The highest BCUT2D eigenvalue weighted by molar-refractivity contribution is 5.66. The van der Waals surface area contributed by atoms with E-state index in [0.717, 1.165) is 5.69 Å². The summed E-state index contributed by atoms with van der Waals surface area (Å²) in [5.74, 6) is -0.643. The zero-order valence-corrected chi connectivity index (χ0v) is 11.8. The van der Waals surface area contributed by atoms with Gasteiger partial charge < -0.3 is 20.1 Å². The summed E-state index contributed by atoms with van der Waals surface area (Å²) >= 11 is 0. The second kappa shape index (κ2) is 8.04. The molecule has 0 bridgehead atoms.